The van der Waals surface area contributed by atoms with Gasteiger partial charge in [0, 0.05) is 60.3 Å². The van der Waals surface area contributed by atoms with E-state index < -0.39 is 76.1 Å². The summed E-state index contributed by atoms with van der Waals surface area (Å²) >= 11 is 2.25. The van der Waals surface area contributed by atoms with Crippen LogP contribution in [0.4, 0.5) is 26.3 Å². The van der Waals surface area contributed by atoms with Crippen molar-refractivity contribution < 1.29 is 63.3 Å². The average molecular weight is 2090 g/mol. The van der Waals surface area contributed by atoms with Crippen molar-refractivity contribution in [3.8, 4) is 46.2 Å². The zero-order valence-corrected chi connectivity index (χ0v) is 89.7. The highest BCUT2D eigenvalue weighted by atomic mass is 32.2. The number of nitriles is 2. The third-order valence-electron chi connectivity index (χ3n) is 29.8. The molecule has 16 nitrogen and oxygen atoms in total. The summed E-state index contributed by atoms with van der Waals surface area (Å²) in [5.41, 5.74) is -2.48. The molecule has 2 saturated carbocycles. The van der Waals surface area contributed by atoms with E-state index in [1.165, 1.54) is 169 Å². The molecule has 28 heteroatoms. The first-order chi connectivity index (χ1) is 72.1. The van der Waals surface area contributed by atoms with Gasteiger partial charge in [-0.3, -0.25) is 14.3 Å². The summed E-state index contributed by atoms with van der Waals surface area (Å²) in [4.78, 5) is 37.4. The second-order valence-electron chi connectivity index (χ2n) is 40.5. The van der Waals surface area contributed by atoms with E-state index >= 15 is 0 Å². The number of carbonyl (C=O) groups is 2. The molecule has 786 valence electrons. The largest absolute Gasteiger partial charge is 0.516 e. The van der Waals surface area contributed by atoms with Gasteiger partial charge in [-0.15, -0.1) is 22.7 Å². The number of hydrogen-bond acceptors (Lipinski definition) is 15. The smallest absolute Gasteiger partial charge is 0.497 e. The number of nitrogens with zero attached hydrogens (tertiary/aromatic N) is 6. The zero-order valence-electron chi connectivity index (χ0n) is 86.4. The summed E-state index contributed by atoms with van der Waals surface area (Å²) in [7, 11) is -2.71. The number of halogens is 6. The van der Waals surface area contributed by atoms with Crippen LogP contribution < -0.4 is 51.5 Å². The van der Waals surface area contributed by atoms with E-state index in [9.17, 15) is 54.9 Å². The molecule has 0 aliphatic heterocycles. The zero-order chi connectivity index (χ0) is 104. The van der Waals surface area contributed by atoms with Gasteiger partial charge in [0.25, 0.3) is 0 Å². The molecule has 2 N–H and O–H groups in total. The molecule has 2 aliphatic rings. The van der Waals surface area contributed by atoms with Crippen LogP contribution in [0.2, 0.25) is 0 Å². The van der Waals surface area contributed by atoms with Crippen molar-refractivity contribution in [2.45, 2.75) is 343 Å². The molecular weight excluding hydrogens is 1950 g/mol. The van der Waals surface area contributed by atoms with Gasteiger partial charge in [0.2, 0.25) is 11.8 Å². The fraction of sp³-hybridized carbons (Fsp3) is 0.483. The van der Waals surface area contributed by atoms with Crippen LogP contribution in [-0.4, -0.2) is 91.3 Å². The maximum Gasteiger partial charge on any atom is 0.516 e. The van der Waals surface area contributed by atoms with Crippen LogP contribution in [0.5, 0.6) is 11.5 Å². The molecule has 0 atom stereocenters. The van der Waals surface area contributed by atoms with Crippen LogP contribution in [0.3, 0.4) is 0 Å². The minimum absolute atomic E-state index is 0.0398. The Balaban J connectivity index is 1.08. The fourth-order valence-corrected chi connectivity index (χ4v) is 24.8. The molecule has 12 aromatic rings. The monoisotopic (exact) mass is 2090 g/mol. The number of hydrogen-bond donors (Lipinski definition) is 2. The molecule has 0 radical (unpaired) electrons. The minimum atomic E-state index is -5.94. The molecule has 4 heterocycles. The molecule has 0 unspecified atom stereocenters. The standard InChI is InChI=1S/C120H146B2F6N8O8S4/c1-141-99-77-79-105-103(87-99)131-115(145-105)101(89-129)113-109-110(112(136(113)122(97-63-47-41-48-64-97)98-65-49-42-50-66-98)92-71-75-94(76-72-92)118(144-86-58-52-68-108(138)134-148(139,140)120(126,127)128)83-55-37-33-29-25-21-17-13-9-5-6-10-14-18-22-26-30-34-38-56-84-118)114(102(90-130)116-132-104-88-100(142-2)78-80-106(104)146-116)135(121(95-59-43-39-44-60-95)96-61-45-40-46-62-96)111(109)91-69-73-93(74-70-91)117(143-85-57-51-67-107(137)133-147-119(123,124)125)81-53-35-31-27-23-19-15-11-7-3-4-8-12-16-20-24-28-32-36-54-82-117/h39-50,59-66,69-80,87-88H,3-38,51-58,67-68,81-86H2,1-2H3,(H,133,137)(H,134,138)/b113-101+,114-102+. The van der Waals surface area contributed by atoms with Gasteiger partial charge in [-0.25, -0.2) is 14.7 Å². The van der Waals surface area contributed by atoms with Crippen LogP contribution in [0.1, 0.15) is 342 Å². The van der Waals surface area contributed by atoms with Crippen molar-refractivity contribution in [3.63, 3.8) is 0 Å². The number of ether oxygens (including phenoxy) is 4. The number of unbranched alkanes of at least 4 members (excludes halogenated alkanes) is 2. The number of alkyl halides is 6. The summed E-state index contributed by atoms with van der Waals surface area (Å²) < 4.78 is 143. The number of sulfonamides is 1. The Bertz CT molecular complexity index is 6120. The van der Waals surface area contributed by atoms with Gasteiger partial charge in [-0.2, -0.15) is 45.3 Å². The van der Waals surface area contributed by atoms with E-state index in [1.807, 2.05) is 114 Å². The van der Waals surface area contributed by atoms with Gasteiger partial charge >= 0.3 is 34.7 Å². The van der Waals surface area contributed by atoms with E-state index in [4.69, 9.17) is 28.9 Å². The van der Waals surface area contributed by atoms with E-state index in [0.717, 1.165) is 164 Å². The van der Waals surface area contributed by atoms with Crippen LogP contribution in [0.15, 0.2) is 206 Å². The molecule has 4 aromatic heterocycles. The summed E-state index contributed by atoms with van der Waals surface area (Å²) in [6.07, 6.45) is 48.4. The van der Waals surface area contributed by atoms with Crippen LogP contribution in [-0.2, 0) is 40.3 Å². The predicted octanol–water partition coefficient (Wildman–Crippen LogP) is 29.0. The van der Waals surface area contributed by atoms with Gasteiger partial charge in [-0.05, 0) is 97.9 Å². The van der Waals surface area contributed by atoms with Gasteiger partial charge in [-0.1, -0.05) is 449 Å². The second-order valence-corrected chi connectivity index (χ2v) is 45.1. The molecule has 0 saturated heterocycles. The molecule has 14 rings (SSSR count). The van der Waals surface area contributed by atoms with E-state index in [1.54, 1.807) is 14.2 Å². The summed E-state index contributed by atoms with van der Waals surface area (Å²) in [5.74, 6) is -0.810. The maximum atomic E-state index is 13.7. The lowest BCUT2D eigenvalue weighted by Crippen LogP contribution is -2.54. The first kappa shape index (κ1) is 113. The number of carbonyl (C=O) groups excluding carboxylic acids is 2. The number of benzene rings is 8. The fourth-order valence-electron chi connectivity index (χ4n) is 22.1. The number of methoxy groups -OCH3 is 2. The Hall–Kier alpha value is -10.5. The van der Waals surface area contributed by atoms with Gasteiger partial charge in [0.05, 0.1) is 68.5 Å². The molecule has 148 heavy (non-hydrogen) atoms. The predicted molar refractivity (Wildman–Crippen MR) is 596 cm³/mol. The number of rotatable bonds is 28. The first-order valence-corrected chi connectivity index (χ1v) is 58.7. The van der Waals surface area contributed by atoms with Crippen LogP contribution in [0, 0.1) is 22.7 Å². The van der Waals surface area contributed by atoms with Crippen molar-refractivity contribution >= 4 is 134 Å². The third kappa shape index (κ3) is 31.4. The normalized spacial score (nSPS) is 17.0. The number of thiazole rings is 2. The van der Waals surface area contributed by atoms with E-state index in [0.29, 0.717) is 109 Å². The van der Waals surface area contributed by atoms with Gasteiger partial charge in [0.1, 0.15) is 44.8 Å². The number of fused-ring (bicyclic) bond motifs is 3. The Morgan fingerprint density at radius 3 is 0.953 bits per heavy atom. The molecule has 2 amide bonds. The number of amides is 2. The summed E-state index contributed by atoms with van der Waals surface area (Å²) in [6, 6.07) is 76.2. The Kier molecular flexibility index (Phi) is 44.1. The molecule has 2 fully saturated rings. The third-order valence-corrected chi connectivity index (χ3v) is 33.6. The molecule has 2 aliphatic carbocycles. The van der Waals surface area contributed by atoms with Crippen molar-refractivity contribution in [2.24, 2.45) is 0 Å². The number of aromatic nitrogens is 4. The summed E-state index contributed by atoms with van der Waals surface area (Å²) in [5, 5.41) is 29.6. The van der Waals surface area contributed by atoms with E-state index in [-0.39, 0.29) is 43.6 Å². The van der Waals surface area contributed by atoms with Crippen molar-refractivity contribution in [2.75, 3.05) is 27.4 Å². The first-order valence-electron chi connectivity index (χ1n) is 54.8. The van der Waals surface area contributed by atoms with Gasteiger partial charge < -0.3 is 27.9 Å². The van der Waals surface area contributed by atoms with E-state index in [2.05, 4.69) is 118 Å². The lowest BCUT2D eigenvalue weighted by atomic mass is 9.50. The lowest BCUT2D eigenvalue weighted by molar-refractivity contribution is -0.120. The lowest BCUT2D eigenvalue weighted by Gasteiger charge is -2.36. The van der Waals surface area contributed by atoms with Gasteiger partial charge in [0.15, 0.2) is 0 Å². The quantitative estimate of drug-likeness (QED) is 0.0202. The summed E-state index contributed by atoms with van der Waals surface area (Å²) in [6.45, 7) is -1.21. The van der Waals surface area contributed by atoms with Crippen molar-refractivity contribution in [1.82, 2.24) is 28.4 Å². The Morgan fingerprint density at radius 1 is 0.399 bits per heavy atom. The second kappa shape index (κ2) is 57.7. The van der Waals surface area contributed by atoms with Crippen LogP contribution >= 0.6 is 34.6 Å². The highest BCUT2D eigenvalue weighted by Crippen LogP contribution is 2.46. The highest BCUT2D eigenvalue weighted by molar-refractivity contribution is 7.98. The Morgan fingerprint density at radius 2 is 0.682 bits per heavy atom. The average Bonchev–Trinajstić information content (AvgIpc) is 1.52. The molecule has 0 spiro atoms. The van der Waals surface area contributed by atoms with Crippen LogP contribution in [0.25, 0.3) is 64.9 Å². The topological polar surface area (TPSA) is 212 Å². The highest BCUT2D eigenvalue weighted by Gasteiger charge is 2.47. The minimum Gasteiger partial charge on any atom is -0.497 e. The number of nitrogens with one attached hydrogen (secondary N) is 2. The maximum absolute atomic E-state index is 13.7. The molecular formula is C120H146B2F6N8O8S4. The molecule has 0 bridgehead atoms. The van der Waals surface area contributed by atoms with Crippen molar-refractivity contribution in [1.29, 1.82) is 10.5 Å². The van der Waals surface area contributed by atoms with Crippen molar-refractivity contribution in [3.05, 3.63) is 238 Å². The Labute approximate surface area is 885 Å². The molecule has 8 aromatic carbocycles. The SMILES string of the molecule is COc1ccc2sc(/C(C#N)=c3\c4c(-c5ccc(C6(OCCCCC(=O)NS(=O)(=O)C(F)(F)F)CCCCCCCCCCCCCCCCCCCCCC6)cc5)n(B(c5ccccc5)c5ccccc5)/c(=C(\C#N)c5nc6cc(OC)ccc6s5)c4c(-c4ccc(C5(OCCCCC(=O)NSC(F)(F)F)CCCCCCCCCCCCCCCCCCCCCC5)cc4)n3B(c3ccccc3)c3ccccc3)nc2c1.